The standard InChI is InChI=1S/C18H18N2O3/c1-12-5-3-4-6-15(12)18(21)20-19-13(2)14-7-8-16-17(11-14)23-10-9-22-16/h3-8,11H,9-10H2,1-2H3,(H,20,21)/b19-13+. The zero-order valence-corrected chi connectivity index (χ0v) is 13.1. The maximum absolute atomic E-state index is 12.2. The number of hydrogen-bond acceptors (Lipinski definition) is 4. The van der Waals surface area contributed by atoms with Gasteiger partial charge in [0.05, 0.1) is 5.71 Å². The third kappa shape index (κ3) is 3.34. The summed E-state index contributed by atoms with van der Waals surface area (Å²) >= 11 is 0. The molecular weight excluding hydrogens is 292 g/mol. The number of aryl methyl sites for hydroxylation is 1. The Morgan fingerprint density at radius 2 is 1.83 bits per heavy atom. The Balaban J connectivity index is 1.75. The average molecular weight is 310 g/mol. The number of nitrogens with one attached hydrogen (secondary N) is 1. The van der Waals surface area contributed by atoms with Crippen LogP contribution in [0, 0.1) is 6.92 Å². The molecule has 0 aliphatic carbocycles. The summed E-state index contributed by atoms with van der Waals surface area (Å²) in [5, 5.41) is 4.18. The van der Waals surface area contributed by atoms with Crippen molar-refractivity contribution >= 4 is 11.6 Å². The fraction of sp³-hybridized carbons (Fsp3) is 0.222. The van der Waals surface area contributed by atoms with Crippen molar-refractivity contribution in [2.45, 2.75) is 13.8 Å². The quantitative estimate of drug-likeness (QED) is 0.700. The van der Waals surface area contributed by atoms with Gasteiger partial charge >= 0.3 is 0 Å². The van der Waals surface area contributed by atoms with E-state index in [4.69, 9.17) is 9.47 Å². The summed E-state index contributed by atoms with van der Waals surface area (Å²) in [6.07, 6.45) is 0. The molecule has 1 N–H and O–H groups in total. The summed E-state index contributed by atoms with van der Waals surface area (Å²) in [7, 11) is 0. The smallest absolute Gasteiger partial charge is 0.271 e. The highest BCUT2D eigenvalue weighted by Gasteiger charge is 2.13. The van der Waals surface area contributed by atoms with Crippen molar-refractivity contribution in [1.82, 2.24) is 5.43 Å². The predicted octanol–water partition coefficient (Wildman–Crippen LogP) is 2.92. The van der Waals surface area contributed by atoms with Crippen molar-refractivity contribution < 1.29 is 14.3 Å². The molecule has 0 spiro atoms. The van der Waals surface area contributed by atoms with Crippen LogP contribution in [-0.4, -0.2) is 24.8 Å². The van der Waals surface area contributed by atoms with Crippen LogP contribution in [0.1, 0.15) is 28.4 Å². The van der Waals surface area contributed by atoms with E-state index >= 15 is 0 Å². The summed E-state index contributed by atoms with van der Waals surface area (Å²) in [5.74, 6) is 1.21. The van der Waals surface area contributed by atoms with Crippen LogP contribution in [0.25, 0.3) is 0 Å². The summed E-state index contributed by atoms with van der Waals surface area (Å²) in [6.45, 7) is 4.83. The summed E-state index contributed by atoms with van der Waals surface area (Å²) in [5.41, 5.74) is 5.70. The van der Waals surface area contributed by atoms with Gasteiger partial charge in [0.25, 0.3) is 5.91 Å². The number of hydrogen-bond donors (Lipinski definition) is 1. The van der Waals surface area contributed by atoms with Gasteiger partial charge in [0.15, 0.2) is 11.5 Å². The lowest BCUT2D eigenvalue weighted by Crippen LogP contribution is -2.20. The van der Waals surface area contributed by atoms with Gasteiger partial charge in [-0.2, -0.15) is 5.10 Å². The molecule has 0 radical (unpaired) electrons. The lowest BCUT2D eigenvalue weighted by atomic mass is 10.1. The summed E-state index contributed by atoms with van der Waals surface area (Å²) in [4.78, 5) is 12.2. The molecule has 1 amide bonds. The number of hydrazone groups is 1. The number of amides is 1. The van der Waals surface area contributed by atoms with E-state index in [0.717, 1.165) is 16.9 Å². The molecule has 1 aliphatic rings. The molecule has 2 aromatic rings. The Morgan fingerprint density at radius 1 is 1.09 bits per heavy atom. The Kier molecular flexibility index (Phi) is 4.28. The van der Waals surface area contributed by atoms with Crippen LogP contribution in [0.5, 0.6) is 11.5 Å². The second-order valence-corrected chi connectivity index (χ2v) is 5.31. The van der Waals surface area contributed by atoms with E-state index in [2.05, 4.69) is 10.5 Å². The first kappa shape index (κ1) is 15.1. The third-order valence-electron chi connectivity index (χ3n) is 3.67. The van der Waals surface area contributed by atoms with Crippen molar-refractivity contribution in [1.29, 1.82) is 0 Å². The molecule has 0 saturated heterocycles. The van der Waals surface area contributed by atoms with E-state index in [1.807, 2.05) is 50.2 Å². The van der Waals surface area contributed by atoms with Gasteiger partial charge in [0, 0.05) is 11.1 Å². The lowest BCUT2D eigenvalue weighted by Gasteiger charge is -2.18. The zero-order valence-electron chi connectivity index (χ0n) is 13.1. The van der Waals surface area contributed by atoms with E-state index < -0.39 is 0 Å². The minimum absolute atomic E-state index is 0.222. The van der Waals surface area contributed by atoms with E-state index in [0.29, 0.717) is 30.2 Å². The number of carbonyl (C=O) groups excluding carboxylic acids is 1. The normalized spacial score (nSPS) is 13.6. The highest BCUT2D eigenvalue weighted by Crippen LogP contribution is 2.30. The van der Waals surface area contributed by atoms with E-state index in [1.165, 1.54) is 0 Å². The fourth-order valence-electron chi connectivity index (χ4n) is 2.36. The molecule has 0 saturated carbocycles. The summed E-state index contributed by atoms with van der Waals surface area (Å²) in [6, 6.07) is 13.0. The molecule has 1 heterocycles. The van der Waals surface area contributed by atoms with Crippen molar-refractivity contribution in [3.63, 3.8) is 0 Å². The Hall–Kier alpha value is -2.82. The maximum atomic E-state index is 12.2. The lowest BCUT2D eigenvalue weighted by molar-refractivity contribution is 0.0954. The minimum Gasteiger partial charge on any atom is -0.486 e. The van der Waals surface area contributed by atoms with Gasteiger partial charge in [-0.3, -0.25) is 4.79 Å². The largest absolute Gasteiger partial charge is 0.486 e. The molecule has 5 heteroatoms. The van der Waals surface area contributed by atoms with Gasteiger partial charge in [-0.05, 0) is 43.7 Å². The van der Waals surface area contributed by atoms with E-state index in [1.54, 1.807) is 6.07 Å². The van der Waals surface area contributed by atoms with Crippen molar-refractivity contribution in [3.8, 4) is 11.5 Å². The van der Waals surface area contributed by atoms with Gasteiger partial charge in [-0.15, -0.1) is 0 Å². The molecule has 3 rings (SSSR count). The first-order valence-corrected chi connectivity index (χ1v) is 7.45. The number of rotatable bonds is 3. The number of benzene rings is 2. The number of carbonyl (C=O) groups is 1. The number of ether oxygens (including phenoxy) is 2. The highest BCUT2D eigenvalue weighted by atomic mass is 16.6. The molecule has 0 bridgehead atoms. The SMILES string of the molecule is C/C(=N\NC(=O)c1ccccc1C)c1ccc2c(c1)OCCO2. The molecular formula is C18H18N2O3. The number of fused-ring (bicyclic) bond motifs is 1. The van der Waals surface area contributed by atoms with Gasteiger partial charge in [0.2, 0.25) is 0 Å². The molecule has 118 valence electrons. The molecule has 2 aromatic carbocycles. The van der Waals surface area contributed by atoms with E-state index in [-0.39, 0.29) is 5.91 Å². The van der Waals surface area contributed by atoms with Crippen molar-refractivity contribution in [2.24, 2.45) is 5.10 Å². The van der Waals surface area contributed by atoms with E-state index in [9.17, 15) is 4.79 Å². The van der Waals surface area contributed by atoms with Crippen LogP contribution in [0.3, 0.4) is 0 Å². The van der Waals surface area contributed by atoms with Gasteiger partial charge in [0.1, 0.15) is 13.2 Å². The first-order valence-electron chi connectivity index (χ1n) is 7.45. The Labute approximate surface area is 134 Å². The molecule has 23 heavy (non-hydrogen) atoms. The zero-order chi connectivity index (χ0) is 16.2. The molecule has 1 aliphatic heterocycles. The van der Waals surface area contributed by atoms with Gasteiger partial charge in [-0.1, -0.05) is 18.2 Å². The first-order chi connectivity index (χ1) is 11.1. The second kappa shape index (κ2) is 6.52. The summed E-state index contributed by atoms with van der Waals surface area (Å²) < 4.78 is 11.1. The van der Waals surface area contributed by atoms with Crippen LogP contribution >= 0.6 is 0 Å². The maximum Gasteiger partial charge on any atom is 0.271 e. The average Bonchev–Trinajstić information content (AvgIpc) is 2.59. The van der Waals surface area contributed by atoms with Crippen molar-refractivity contribution in [2.75, 3.05) is 13.2 Å². The molecule has 0 fully saturated rings. The molecule has 5 nitrogen and oxygen atoms in total. The van der Waals surface area contributed by atoms with Crippen LogP contribution < -0.4 is 14.9 Å². The van der Waals surface area contributed by atoms with Crippen molar-refractivity contribution in [3.05, 3.63) is 59.2 Å². The van der Waals surface area contributed by atoms with Gasteiger partial charge < -0.3 is 9.47 Å². The monoisotopic (exact) mass is 310 g/mol. The third-order valence-corrected chi connectivity index (χ3v) is 3.67. The predicted molar refractivity (Wildman–Crippen MR) is 88.3 cm³/mol. The van der Waals surface area contributed by atoms with Crippen LogP contribution in [0.4, 0.5) is 0 Å². The molecule has 0 aromatic heterocycles. The Morgan fingerprint density at radius 3 is 2.61 bits per heavy atom. The highest BCUT2D eigenvalue weighted by molar-refractivity contribution is 6.01. The molecule has 0 atom stereocenters. The molecule has 0 unspecified atom stereocenters. The minimum atomic E-state index is -0.222. The number of nitrogens with zero attached hydrogens (tertiary/aromatic N) is 1. The Bertz CT molecular complexity index is 769. The van der Waals surface area contributed by atoms with Crippen LogP contribution in [0.2, 0.25) is 0 Å². The topological polar surface area (TPSA) is 59.9 Å². The van der Waals surface area contributed by atoms with Crippen LogP contribution in [-0.2, 0) is 0 Å². The van der Waals surface area contributed by atoms with Gasteiger partial charge in [-0.25, -0.2) is 5.43 Å². The fourth-order valence-corrected chi connectivity index (χ4v) is 2.36. The van der Waals surface area contributed by atoms with Crippen LogP contribution in [0.15, 0.2) is 47.6 Å². The second-order valence-electron chi connectivity index (χ2n) is 5.31.